The molecule has 8 rings (SSSR count). The van der Waals surface area contributed by atoms with Gasteiger partial charge in [-0.15, -0.1) is 0 Å². The number of fused-ring (bicyclic) bond motifs is 4. The monoisotopic (exact) mass is 1360 g/mol. The molecule has 8 aliphatic rings. The van der Waals surface area contributed by atoms with Gasteiger partial charge in [0.15, 0.2) is 48.8 Å². The summed E-state index contributed by atoms with van der Waals surface area (Å²) >= 11 is 0. The van der Waals surface area contributed by atoms with Crippen LogP contribution >= 0.6 is 0 Å². The molecule has 8 saturated heterocycles. The summed E-state index contributed by atoms with van der Waals surface area (Å²) < 4.78 is 84.7. The number of hydrogen-bond acceptors (Lipinski definition) is 32. The van der Waals surface area contributed by atoms with E-state index in [2.05, 4.69) is 26.3 Å². The fraction of sp³-hybridized carbons (Fsp3) is 0.467. The Labute approximate surface area is 542 Å². The molecular formula is C60H68O36. The Hall–Kier alpha value is -10.1. The lowest BCUT2D eigenvalue weighted by molar-refractivity contribution is -0.156. The Balaban J connectivity index is 0.000000231. The molecule has 96 heavy (non-hydrogen) atoms. The molecule has 36 nitrogen and oxygen atoms in total. The maximum atomic E-state index is 11.7. The zero-order valence-corrected chi connectivity index (χ0v) is 50.5. The molecule has 36 heteroatoms. The molecule has 0 aromatic carbocycles. The number of carbonyl (C=O) groups excluding carboxylic acids is 8. The average Bonchev–Trinajstić information content (AvgIpc) is 1.68. The first-order valence-corrected chi connectivity index (χ1v) is 28.5. The number of carboxylic acids is 4. The van der Waals surface area contributed by atoms with Crippen molar-refractivity contribution in [2.45, 2.75) is 123 Å². The first-order chi connectivity index (χ1) is 45.5. The van der Waals surface area contributed by atoms with E-state index in [4.69, 9.17) is 117 Å². The quantitative estimate of drug-likeness (QED) is 0.0185. The van der Waals surface area contributed by atoms with E-state index in [1.165, 1.54) is 0 Å². The van der Waals surface area contributed by atoms with E-state index >= 15 is 0 Å². The molecule has 8 fully saturated rings. The number of ether oxygens (including phenoxy) is 16. The molecule has 524 valence electrons. The third-order valence-corrected chi connectivity index (χ3v) is 13.5. The van der Waals surface area contributed by atoms with Crippen molar-refractivity contribution in [3.63, 3.8) is 0 Å². The van der Waals surface area contributed by atoms with Crippen LogP contribution in [0.15, 0.2) is 122 Å². The smallest absolute Gasteiger partial charge is 0.331 e. The van der Waals surface area contributed by atoms with Crippen LogP contribution in [-0.2, 0) is 133 Å². The summed E-state index contributed by atoms with van der Waals surface area (Å²) in [6, 6.07) is 0. The van der Waals surface area contributed by atoms with Gasteiger partial charge in [0.05, 0.1) is 77.9 Å². The van der Waals surface area contributed by atoms with Crippen LogP contribution in [0, 0.1) is 0 Å². The van der Waals surface area contributed by atoms with Crippen LogP contribution in [0.4, 0.5) is 0 Å². The Morgan fingerprint density at radius 2 is 0.458 bits per heavy atom. The van der Waals surface area contributed by atoms with Crippen LogP contribution in [0.1, 0.15) is 25.7 Å². The number of esters is 8. The molecule has 0 bridgehead atoms. The summed E-state index contributed by atoms with van der Waals surface area (Å²) in [5, 5.41) is 69.5. The minimum atomic E-state index is -1.27. The van der Waals surface area contributed by atoms with Crippen molar-refractivity contribution in [1.29, 1.82) is 0 Å². The predicted octanol–water partition coefficient (Wildman–Crippen LogP) is -0.0468. The van der Waals surface area contributed by atoms with E-state index in [0.717, 1.165) is 54.7 Å². The highest BCUT2D eigenvalue weighted by Crippen LogP contribution is 2.34. The maximum Gasteiger partial charge on any atom is 0.331 e. The topological polar surface area (TPSA) is 514 Å². The minimum Gasteiger partial charge on any atom is -0.513 e. The molecular weight excluding hydrogens is 1300 g/mol. The van der Waals surface area contributed by atoms with Gasteiger partial charge < -0.3 is 117 Å². The lowest BCUT2D eigenvalue weighted by atomic mass is 10.1. The number of carboxylic acid groups (broad SMARTS) is 4. The minimum absolute atomic E-state index is 0.0123. The van der Waals surface area contributed by atoms with Crippen molar-refractivity contribution < 1.29 is 174 Å². The standard InChI is InChI=1S/2C15H18O9.2C15H16O9/c4*1-8(16)2-4-12(19)23-9-6-21-15-10(7-22-14(9)15)24-13(20)5-3-11(17)18/h3,5,9-10,14-16H,1-2,4,6-7H2,(H,17,18);2,4,9-10,14-16H,1,3,5-7H2,(H,17,18);2*2-5,9-10,14-16H,1,6-7H2,(H,17,18)/b;;4-2-,5-3-;/t3*9-,10+,14+,15+;9-,10-,14+,15+/m0000/s1. The molecule has 0 saturated carbocycles. The highest BCUT2D eigenvalue weighted by molar-refractivity contribution is 5.92. The molecule has 0 amide bonds. The number of hydrogen-bond donors (Lipinski definition) is 8. The van der Waals surface area contributed by atoms with E-state index in [1.807, 2.05) is 0 Å². The van der Waals surface area contributed by atoms with E-state index in [0.29, 0.717) is 18.2 Å². The Morgan fingerprint density at radius 3 is 0.635 bits per heavy atom. The summed E-state index contributed by atoms with van der Waals surface area (Å²) in [5.74, 6) is -11.6. The van der Waals surface area contributed by atoms with Gasteiger partial charge in [-0.2, -0.15) is 0 Å². The van der Waals surface area contributed by atoms with Crippen molar-refractivity contribution in [1.82, 2.24) is 0 Å². The normalized spacial score (nSPS) is 28.7. The van der Waals surface area contributed by atoms with Crippen LogP contribution in [0.3, 0.4) is 0 Å². The van der Waals surface area contributed by atoms with Crippen molar-refractivity contribution in [2.75, 3.05) is 52.9 Å². The first kappa shape index (κ1) is 76.6. The molecule has 0 radical (unpaired) electrons. The van der Waals surface area contributed by atoms with Gasteiger partial charge in [-0.3, -0.25) is 14.4 Å². The molecule has 8 N–H and O–H groups in total. The van der Waals surface area contributed by atoms with Crippen molar-refractivity contribution in [3.05, 3.63) is 122 Å². The molecule has 0 spiro atoms. The third kappa shape index (κ3) is 25.7. The lowest BCUT2D eigenvalue weighted by Gasteiger charge is -2.17. The number of aliphatic hydroxyl groups is 4. The zero-order chi connectivity index (χ0) is 70.8. The van der Waals surface area contributed by atoms with Gasteiger partial charge in [-0.25, -0.2) is 43.2 Å². The van der Waals surface area contributed by atoms with Crippen molar-refractivity contribution in [3.8, 4) is 0 Å². The molecule has 0 aromatic rings. The lowest BCUT2D eigenvalue weighted by Crippen LogP contribution is -2.35. The molecule has 16 atom stereocenters. The Kier molecular flexibility index (Phi) is 30.1. The van der Waals surface area contributed by atoms with E-state index in [-0.39, 0.29) is 102 Å². The van der Waals surface area contributed by atoms with Gasteiger partial charge >= 0.3 is 71.6 Å². The van der Waals surface area contributed by atoms with Gasteiger partial charge in [0.25, 0.3) is 0 Å². The molecule has 8 aliphatic heterocycles. The first-order valence-electron chi connectivity index (χ1n) is 28.5. The predicted molar refractivity (Wildman–Crippen MR) is 308 cm³/mol. The highest BCUT2D eigenvalue weighted by atomic mass is 16.7. The second-order valence-corrected chi connectivity index (χ2v) is 20.7. The largest absolute Gasteiger partial charge is 0.513 e. The summed E-state index contributed by atoms with van der Waals surface area (Å²) in [6.07, 6.45) is 0.0285. The maximum absolute atomic E-state index is 11.7. The molecule has 0 aromatic heterocycles. The number of aliphatic hydroxyl groups excluding tert-OH is 4. The summed E-state index contributed by atoms with van der Waals surface area (Å²) in [4.78, 5) is 134. The molecule has 0 aliphatic carbocycles. The second kappa shape index (κ2) is 37.7. The number of aliphatic carboxylic acids is 4. The Bertz CT molecular complexity index is 2790. The van der Waals surface area contributed by atoms with Crippen molar-refractivity contribution in [2.24, 2.45) is 0 Å². The van der Waals surface area contributed by atoms with Gasteiger partial charge in [-0.05, 0) is 18.2 Å². The zero-order valence-electron chi connectivity index (χ0n) is 50.5. The highest BCUT2D eigenvalue weighted by Gasteiger charge is 2.54. The van der Waals surface area contributed by atoms with E-state index in [1.54, 1.807) is 0 Å². The number of rotatable bonds is 26. The number of carbonyl (C=O) groups is 12. The van der Waals surface area contributed by atoms with Crippen LogP contribution in [-0.4, -0.2) is 263 Å². The fourth-order valence-corrected chi connectivity index (χ4v) is 9.48. The average molecular weight is 1370 g/mol. The number of allylic oxidation sites excluding steroid dienone is 4. The fourth-order valence-electron chi connectivity index (χ4n) is 9.48. The molecule has 0 unspecified atom stereocenters. The van der Waals surface area contributed by atoms with Crippen LogP contribution in [0.2, 0.25) is 0 Å². The van der Waals surface area contributed by atoms with Gasteiger partial charge in [-0.1, -0.05) is 26.3 Å². The van der Waals surface area contributed by atoms with Crippen LogP contribution in [0.5, 0.6) is 0 Å². The SMILES string of the molecule is C=C(O)/C=C\C(=O)O[C@H]1CO[C@H]2[C@@H]1OC[C@H]2OC(=O)/C=C\C(=O)O.C=C(O)C=CC(=O)O[C@H]1CO[C@H]2[C@@H]1OC[C@@H]2OC(=O)C=CC(=O)O.C=C(O)C=CC(=O)O[C@H]1CO[C@H]2[C@@H]1OC[C@H]2OC(=O)CCC(=O)O.C=C(O)CCC(=O)O[C@H]1CO[C@H]2[C@@H]1OC[C@H]2OC(=O)C=CC(=O)O. The second-order valence-electron chi connectivity index (χ2n) is 20.7. The van der Waals surface area contributed by atoms with Gasteiger partial charge in [0.1, 0.15) is 66.1 Å². The summed E-state index contributed by atoms with van der Waals surface area (Å²) in [5.41, 5.74) is 0. The molecule has 8 heterocycles. The van der Waals surface area contributed by atoms with Gasteiger partial charge in [0.2, 0.25) is 0 Å². The Morgan fingerprint density at radius 1 is 0.271 bits per heavy atom. The third-order valence-electron chi connectivity index (χ3n) is 13.5. The summed E-state index contributed by atoms with van der Waals surface area (Å²) in [6.45, 7) is 13.4. The van der Waals surface area contributed by atoms with Crippen LogP contribution < -0.4 is 0 Å². The van der Waals surface area contributed by atoms with E-state index < -0.39 is 169 Å². The summed E-state index contributed by atoms with van der Waals surface area (Å²) in [7, 11) is 0. The van der Waals surface area contributed by atoms with Crippen LogP contribution in [0.25, 0.3) is 0 Å². The van der Waals surface area contributed by atoms with E-state index in [9.17, 15) is 57.5 Å². The van der Waals surface area contributed by atoms with Crippen molar-refractivity contribution >= 4 is 71.6 Å². The van der Waals surface area contributed by atoms with Gasteiger partial charge in [0, 0.05) is 61.1 Å².